The molecule has 0 radical (unpaired) electrons. The first-order valence-corrected chi connectivity index (χ1v) is 24.0. The Kier molecular flexibility index (Phi) is 41.2. The third kappa shape index (κ3) is 39.2. The van der Waals surface area contributed by atoms with E-state index in [4.69, 9.17) is 9.47 Å². The minimum absolute atomic E-state index is 0.0162. The Bertz CT molecular complexity index is 797. The number of ether oxygens (including phenoxy) is 2. The summed E-state index contributed by atoms with van der Waals surface area (Å²) in [4.78, 5) is 28.9. The van der Waals surface area contributed by atoms with E-state index >= 15 is 0 Å². The number of carbonyl (C=O) groups excluding carboxylic acids is 2. The first-order chi connectivity index (χ1) is 26.8. The predicted octanol–water partition coefficient (Wildman–Crippen LogP) is 12.7. The summed E-state index contributed by atoms with van der Waals surface area (Å²) in [6.07, 6.45) is 37.9. The molecule has 1 unspecified atom stereocenters. The topological polar surface area (TPSA) is 91.3 Å². The van der Waals surface area contributed by atoms with E-state index < -0.39 is 6.29 Å². The van der Waals surface area contributed by atoms with Crippen LogP contribution in [0, 0.1) is 0 Å². The molecule has 0 aromatic heterocycles. The Morgan fingerprint density at radius 1 is 0.527 bits per heavy atom. The molecule has 8 heteroatoms. The highest BCUT2D eigenvalue weighted by atomic mass is 16.6. The van der Waals surface area contributed by atoms with Crippen LogP contribution in [0.2, 0.25) is 0 Å². The van der Waals surface area contributed by atoms with Gasteiger partial charge in [-0.05, 0) is 90.3 Å². The number of urea groups is 1. The zero-order valence-electron chi connectivity index (χ0n) is 37.5. The van der Waals surface area contributed by atoms with Crippen LogP contribution < -0.4 is 5.32 Å². The molecule has 1 atom stereocenters. The van der Waals surface area contributed by atoms with Crippen molar-refractivity contribution in [2.24, 2.45) is 0 Å². The fourth-order valence-corrected chi connectivity index (χ4v) is 7.31. The third-order valence-corrected chi connectivity index (χ3v) is 11.0. The summed E-state index contributed by atoms with van der Waals surface area (Å²) in [7, 11) is 3.56. The molecular weight excluding hydrogens is 687 g/mol. The minimum atomic E-state index is -0.611. The summed E-state index contributed by atoms with van der Waals surface area (Å²) in [5.74, 6) is 0.0162. The number of nitrogens with one attached hydrogen (secondary N) is 1. The van der Waals surface area contributed by atoms with Crippen LogP contribution >= 0.6 is 0 Å². The molecule has 0 saturated heterocycles. The fourth-order valence-electron chi connectivity index (χ4n) is 7.31. The first-order valence-electron chi connectivity index (χ1n) is 24.0. The van der Waals surface area contributed by atoms with Crippen molar-refractivity contribution >= 4 is 12.0 Å². The summed E-state index contributed by atoms with van der Waals surface area (Å²) in [6, 6.07) is -0.0283. The molecule has 0 aliphatic heterocycles. The van der Waals surface area contributed by atoms with Gasteiger partial charge in [0.25, 0.3) is 0 Å². The number of hydrogen-bond donors (Lipinski definition) is 2. The highest BCUT2D eigenvalue weighted by Gasteiger charge is 2.14. The van der Waals surface area contributed by atoms with Crippen LogP contribution in [0.3, 0.4) is 0 Å². The van der Waals surface area contributed by atoms with E-state index in [-0.39, 0.29) is 18.1 Å². The maximum atomic E-state index is 12.8. The van der Waals surface area contributed by atoms with Crippen molar-refractivity contribution in [3.63, 3.8) is 0 Å². The Morgan fingerprint density at radius 2 is 0.945 bits per heavy atom. The quantitative estimate of drug-likeness (QED) is 0.0364. The van der Waals surface area contributed by atoms with E-state index in [0.29, 0.717) is 19.6 Å². The maximum Gasteiger partial charge on any atom is 0.316 e. The third-order valence-electron chi connectivity index (χ3n) is 11.0. The summed E-state index contributed by atoms with van der Waals surface area (Å²) < 4.78 is 11.7. The van der Waals surface area contributed by atoms with E-state index in [0.717, 1.165) is 83.8 Å². The van der Waals surface area contributed by atoms with Gasteiger partial charge < -0.3 is 29.7 Å². The second kappa shape index (κ2) is 42.2. The number of amides is 2. The molecule has 0 aliphatic carbocycles. The van der Waals surface area contributed by atoms with Crippen molar-refractivity contribution in [1.82, 2.24) is 15.1 Å². The normalized spacial score (nSPS) is 12.1. The molecule has 0 heterocycles. The molecule has 55 heavy (non-hydrogen) atoms. The Balaban J connectivity index is 4.36. The van der Waals surface area contributed by atoms with Crippen molar-refractivity contribution in [2.75, 3.05) is 46.9 Å². The SMILES string of the molecule is CCCCCCCCOC(O)CCCCCCCN(CCCCCCCC(=O)OC(CCCCCCCC)CCCCCCCC)CCCNC(=O)N(C)C. The van der Waals surface area contributed by atoms with E-state index in [1.165, 1.54) is 141 Å². The van der Waals surface area contributed by atoms with Crippen LogP contribution in [-0.2, 0) is 14.3 Å². The predicted molar refractivity (Wildman–Crippen MR) is 235 cm³/mol. The van der Waals surface area contributed by atoms with Gasteiger partial charge in [-0.15, -0.1) is 0 Å². The standard InChI is InChI=1S/C47H95N3O5/c1-6-9-12-15-20-27-35-44(36-28-21-16-13-10-7-2)55-46(52)38-30-23-19-25-32-41-50(42-34-39-48-47(53)49(4)5)40-31-24-18-22-29-37-45(51)54-43-33-26-17-14-11-8-3/h44-45,51H,6-43H2,1-5H3,(H,48,53). The number of hydrogen-bond acceptors (Lipinski definition) is 6. The van der Waals surface area contributed by atoms with Crippen molar-refractivity contribution in [1.29, 1.82) is 0 Å². The van der Waals surface area contributed by atoms with Crippen LogP contribution in [0.25, 0.3) is 0 Å². The number of rotatable bonds is 43. The lowest BCUT2D eigenvalue weighted by Crippen LogP contribution is -2.36. The van der Waals surface area contributed by atoms with E-state index in [1.807, 2.05) is 0 Å². The van der Waals surface area contributed by atoms with Crippen LogP contribution in [0.15, 0.2) is 0 Å². The molecule has 2 N–H and O–H groups in total. The minimum Gasteiger partial charge on any atom is -0.462 e. The molecule has 328 valence electrons. The van der Waals surface area contributed by atoms with Crippen LogP contribution in [0.1, 0.15) is 233 Å². The average Bonchev–Trinajstić information content (AvgIpc) is 3.17. The van der Waals surface area contributed by atoms with Gasteiger partial charge in [0, 0.05) is 33.7 Å². The van der Waals surface area contributed by atoms with Gasteiger partial charge in [-0.25, -0.2) is 4.79 Å². The highest BCUT2D eigenvalue weighted by Crippen LogP contribution is 2.19. The number of carbonyl (C=O) groups is 2. The highest BCUT2D eigenvalue weighted by molar-refractivity contribution is 5.73. The average molecular weight is 782 g/mol. The number of nitrogens with zero attached hydrogens (tertiary/aromatic N) is 2. The number of aliphatic hydroxyl groups excluding tert-OH is 1. The van der Waals surface area contributed by atoms with Crippen molar-refractivity contribution < 1.29 is 24.2 Å². The second-order valence-corrected chi connectivity index (χ2v) is 16.7. The van der Waals surface area contributed by atoms with Crippen LogP contribution in [0.5, 0.6) is 0 Å². The van der Waals surface area contributed by atoms with E-state index in [1.54, 1.807) is 19.0 Å². The van der Waals surface area contributed by atoms with E-state index in [2.05, 4.69) is 31.0 Å². The molecule has 0 aromatic rings. The molecule has 0 fully saturated rings. The molecule has 0 saturated carbocycles. The molecule has 2 amide bonds. The smallest absolute Gasteiger partial charge is 0.316 e. The van der Waals surface area contributed by atoms with Gasteiger partial charge in [0.05, 0.1) is 0 Å². The molecule has 8 nitrogen and oxygen atoms in total. The summed E-state index contributed by atoms with van der Waals surface area (Å²) in [5, 5.41) is 13.2. The van der Waals surface area contributed by atoms with Gasteiger partial charge in [-0.3, -0.25) is 4.79 Å². The number of esters is 1. The Labute approximate surface area is 342 Å². The summed E-state index contributed by atoms with van der Waals surface area (Å²) in [5.41, 5.74) is 0. The molecule has 0 spiro atoms. The van der Waals surface area contributed by atoms with Gasteiger partial charge in [-0.2, -0.15) is 0 Å². The zero-order chi connectivity index (χ0) is 40.5. The molecule has 0 bridgehead atoms. The molecule has 0 aliphatic rings. The van der Waals surface area contributed by atoms with Gasteiger partial charge in [0.2, 0.25) is 0 Å². The second-order valence-electron chi connectivity index (χ2n) is 16.7. The molecular formula is C47H95N3O5. The van der Waals surface area contributed by atoms with E-state index in [9.17, 15) is 14.7 Å². The van der Waals surface area contributed by atoms with Crippen molar-refractivity contribution in [3.8, 4) is 0 Å². The van der Waals surface area contributed by atoms with Gasteiger partial charge in [-0.1, -0.05) is 156 Å². The Morgan fingerprint density at radius 3 is 1.45 bits per heavy atom. The molecule has 0 rings (SSSR count). The van der Waals surface area contributed by atoms with Crippen molar-refractivity contribution in [2.45, 2.75) is 245 Å². The van der Waals surface area contributed by atoms with Gasteiger partial charge in [0.1, 0.15) is 6.10 Å². The summed E-state index contributed by atoms with van der Waals surface area (Å²) in [6.45, 7) is 11.3. The van der Waals surface area contributed by atoms with Crippen molar-refractivity contribution in [3.05, 3.63) is 0 Å². The number of aliphatic hydroxyl groups is 1. The van der Waals surface area contributed by atoms with Crippen LogP contribution in [0.4, 0.5) is 4.79 Å². The lowest BCUT2D eigenvalue weighted by atomic mass is 10.0. The maximum absolute atomic E-state index is 12.8. The van der Waals surface area contributed by atoms with Gasteiger partial charge in [0.15, 0.2) is 6.29 Å². The first kappa shape index (κ1) is 53.6. The van der Waals surface area contributed by atoms with Crippen LogP contribution in [-0.4, -0.2) is 86.2 Å². The molecule has 0 aromatic carbocycles. The fraction of sp³-hybridized carbons (Fsp3) is 0.957. The zero-order valence-corrected chi connectivity index (χ0v) is 37.5. The lowest BCUT2D eigenvalue weighted by molar-refractivity contribution is -0.150. The Hall–Kier alpha value is -1.38. The summed E-state index contributed by atoms with van der Waals surface area (Å²) >= 11 is 0. The van der Waals surface area contributed by atoms with Gasteiger partial charge >= 0.3 is 12.0 Å². The monoisotopic (exact) mass is 782 g/mol. The lowest BCUT2D eigenvalue weighted by Gasteiger charge is -2.23. The number of unbranched alkanes of at least 4 members (excludes halogenated alkanes) is 23. The largest absolute Gasteiger partial charge is 0.462 e.